The average Bonchev–Trinajstić information content (AvgIpc) is 2.82. The highest BCUT2D eigenvalue weighted by molar-refractivity contribution is 7.09. The van der Waals surface area contributed by atoms with Gasteiger partial charge in [0.2, 0.25) is 5.91 Å². The number of amides is 1. The van der Waals surface area contributed by atoms with Gasteiger partial charge in [0.25, 0.3) is 0 Å². The summed E-state index contributed by atoms with van der Waals surface area (Å²) < 4.78 is 5.70. The highest BCUT2D eigenvalue weighted by Gasteiger charge is 2.19. The molecule has 1 saturated carbocycles. The van der Waals surface area contributed by atoms with Crippen LogP contribution in [0.25, 0.3) is 0 Å². The lowest BCUT2D eigenvalue weighted by Gasteiger charge is -2.26. The third-order valence-electron chi connectivity index (χ3n) is 3.67. The second-order valence-corrected chi connectivity index (χ2v) is 6.63. The lowest BCUT2D eigenvalue weighted by atomic mass is 9.89. The number of rotatable bonds is 6. The number of nitrogens with one attached hydrogen (secondary N) is 1. The van der Waals surface area contributed by atoms with Gasteiger partial charge in [0.15, 0.2) is 0 Å². The molecule has 0 spiro atoms. The molecule has 5 heteroatoms. The van der Waals surface area contributed by atoms with Crippen molar-refractivity contribution in [2.45, 2.75) is 52.1 Å². The van der Waals surface area contributed by atoms with Gasteiger partial charge in [-0.15, -0.1) is 11.3 Å². The van der Waals surface area contributed by atoms with E-state index in [9.17, 15) is 4.79 Å². The number of hydrogen-bond donors (Lipinski definition) is 1. The summed E-state index contributed by atoms with van der Waals surface area (Å²) in [5, 5.41) is 6.00. The van der Waals surface area contributed by atoms with Gasteiger partial charge in [0.05, 0.1) is 11.1 Å². The van der Waals surface area contributed by atoms with Crippen LogP contribution in [0.5, 0.6) is 0 Å². The maximum atomic E-state index is 11.7. The van der Waals surface area contributed by atoms with Crippen LogP contribution >= 0.6 is 11.3 Å². The molecule has 2 atom stereocenters. The quantitative estimate of drug-likeness (QED) is 0.878. The van der Waals surface area contributed by atoms with Gasteiger partial charge in [0, 0.05) is 24.0 Å². The van der Waals surface area contributed by atoms with Crippen molar-refractivity contribution in [2.75, 3.05) is 13.2 Å². The van der Waals surface area contributed by atoms with E-state index >= 15 is 0 Å². The van der Waals surface area contributed by atoms with Crippen molar-refractivity contribution in [3.8, 4) is 0 Å². The Bertz CT molecular complexity index is 433. The molecule has 20 heavy (non-hydrogen) atoms. The minimum atomic E-state index is -0.0171. The van der Waals surface area contributed by atoms with Crippen LogP contribution in [0.2, 0.25) is 0 Å². The number of aryl methyl sites for hydroxylation is 1. The molecule has 1 amide bonds. The predicted molar refractivity (Wildman–Crippen MR) is 80.9 cm³/mol. The Morgan fingerprint density at radius 3 is 3.10 bits per heavy atom. The predicted octanol–water partition coefficient (Wildman–Crippen LogP) is 2.71. The van der Waals surface area contributed by atoms with Crippen molar-refractivity contribution in [2.24, 2.45) is 5.92 Å². The van der Waals surface area contributed by atoms with Gasteiger partial charge in [-0.1, -0.05) is 19.8 Å². The van der Waals surface area contributed by atoms with Gasteiger partial charge < -0.3 is 10.1 Å². The molecule has 1 aromatic heterocycles. The van der Waals surface area contributed by atoms with Crippen LogP contribution in [-0.2, 0) is 16.0 Å². The third-order valence-corrected chi connectivity index (χ3v) is 4.69. The molecule has 0 unspecified atom stereocenters. The third kappa shape index (κ3) is 5.21. The number of ether oxygens (including phenoxy) is 1. The zero-order valence-electron chi connectivity index (χ0n) is 12.4. The van der Waals surface area contributed by atoms with Crippen molar-refractivity contribution in [1.82, 2.24) is 10.3 Å². The van der Waals surface area contributed by atoms with E-state index in [2.05, 4.69) is 17.2 Å². The second-order valence-electron chi connectivity index (χ2n) is 5.69. The molecule has 1 heterocycles. The Morgan fingerprint density at radius 1 is 1.55 bits per heavy atom. The summed E-state index contributed by atoms with van der Waals surface area (Å²) in [5.41, 5.74) is 1.05. The van der Waals surface area contributed by atoms with Crippen LogP contribution in [0.15, 0.2) is 5.38 Å². The highest BCUT2D eigenvalue weighted by Crippen LogP contribution is 2.25. The maximum Gasteiger partial charge on any atom is 0.246 e. The molecular formula is C15H24N2O2S. The van der Waals surface area contributed by atoms with Crippen molar-refractivity contribution < 1.29 is 9.53 Å². The Hall–Kier alpha value is -0.940. The molecule has 112 valence electrons. The van der Waals surface area contributed by atoms with Gasteiger partial charge in [-0.3, -0.25) is 4.79 Å². The summed E-state index contributed by atoms with van der Waals surface area (Å²) in [4.78, 5) is 16.1. The fraction of sp³-hybridized carbons (Fsp3) is 0.733. The Balaban J connectivity index is 1.58. The van der Waals surface area contributed by atoms with E-state index < -0.39 is 0 Å². The summed E-state index contributed by atoms with van der Waals surface area (Å²) in [6.07, 6.45) is 5.76. The van der Waals surface area contributed by atoms with E-state index in [0.717, 1.165) is 35.9 Å². The van der Waals surface area contributed by atoms with Gasteiger partial charge in [0.1, 0.15) is 6.61 Å². The monoisotopic (exact) mass is 296 g/mol. The normalized spacial score (nSPS) is 22.7. The second kappa shape index (κ2) is 7.74. The number of hydrogen-bond acceptors (Lipinski definition) is 4. The van der Waals surface area contributed by atoms with Crippen LogP contribution in [0.3, 0.4) is 0 Å². The lowest BCUT2D eigenvalue weighted by Crippen LogP contribution is -2.32. The molecule has 0 aromatic carbocycles. The lowest BCUT2D eigenvalue weighted by molar-refractivity contribution is -0.128. The molecule has 4 nitrogen and oxygen atoms in total. The minimum Gasteiger partial charge on any atom is -0.368 e. The van der Waals surface area contributed by atoms with E-state index in [1.807, 2.05) is 12.3 Å². The molecule has 1 aliphatic rings. The highest BCUT2D eigenvalue weighted by atomic mass is 32.1. The van der Waals surface area contributed by atoms with Crippen molar-refractivity contribution >= 4 is 17.2 Å². The molecule has 0 radical (unpaired) electrons. The summed E-state index contributed by atoms with van der Waals surface area (Å²) in [6, 6.07) is 0. The molecule has 1 aromatic rings. The number of carbonyl (C=O) groups excluding carboxylic acids is 1. The van der Waals surface area contributed by atoms with Crippen molar-refractivity contribution in [1.29, 1.82) is 0 Å². The molecule has 1 N–H and O–H groups in total. The van der Waals surface area contributed by atoms with Crippen LogP contribution in [0, 0.1) is 12.8 Å². The fourth-order valence-electron chi connectivity index (χ4n) is 2.60. The first-order valence-electron chi connectivity index (χ1n) is 7.43. The zero-order valence-corrected chi connectivity index (χ0v) is 13.2. The van der Waals surface area contributed by atoms with E-state index in [4.69, 9.17) is 4.74 Å². The summed E-state index contributed by atoms with van der Waals surface area (Å²) >= 11 is 1.64. The van der Waals surface area contributed by atoms with E-state index in [1.165, 1.54) is 12.8 Å². The molecule has 0 aliphatic heterocycles. The molecule has 1 fully saturated rings. The summed E-state index contributed by atoms with van der Waals surface area (Å²) in [7, 11) is 0. The topological polar surface area (TPSA) is 51.2 Å². The van der Waals surface area contributed by atoms with E-state index in [0.29, 0.717) is 6.54 Å². The van der Waals surface area contributed by atoms with E-state index in [1.54, 1.807) is 11.3 Å². The minimum absolute atomic E-state index is 0.0171. The van der Waals surface area contributed by atoms with E-state index in [-0.39, 0.29) is 18.6 Å². The molecule has 2 rings (SSSR count). The number of carbonyl (C=O) groups is 1. The van der Waals surface area contributed by atoms with Crippen molar-refractivity contribution in [3.05, 3.63) is 16.1 Å². The van der Waals surface area contributed by atoms with Gasteiger partial charge in [-0.25, -0.2) is 4.98 Å². The van der Waals surface area contributed by atoms with Gasteiger partial charge in [-0.2, -0.15) is 0 Å². The Morgan fingerprint density at radius 2 is 2.40 bits per heavy atom. The van der Waals surface area contributed by atoms with Crippen LogP contribution in [0.4, 0.5) is 0 Å². The largest absolute Gasteiger partial charge is 0.368 e. The zero-order chi connectivity index (χ0) is 14.4. The molecule has 0 bridgehead atoms. The van der Waals surface area contributed by atoms with Crippen LogP contribution in [0.1, 0.15) is 43.3 Å². The number of aromatic nitrogens is 1. The standard InChI is InChI=1S/C15H24N2O2S/c1-11-4-3-5-13(8-11)19-9-14(18)16-7-6-15-17-12(2)10-20-15/h10-11,13H,3-9H2,1-2H3,(H,16,18)/t11-,13-/m1/s1. The first-order chi connectivity index (χ1) is 9.63. The fourth-order valence-corrected chi connectivity index (χ4v) is 3.38. The SMILES string of the molecule is Cc1csc(CCNC(=O)CO[C@@H]2CCC[C@@H](C)C2)n1. The van der Waals surface area contributed by atoms with Gasteiger partial charge in [-0.05, 0) is 25.7 Å². The number of thiazole rings is 1. The smallest absolute Gasteiger partial charge is 0.246 e. The summed E-state index contributed by atoms with van der Waals surface area (Å²) in [5.74, 6) is 0.710. The van der Waals surface area contributed by atoms with Crippen LogP contribution < -0.4 is 5.32 Å². The summed E-state index contributed by atoms with van der Waals surface area (Å²) in [6.45, 7) is 5.06. The van der Waals surface area contributed by atoms with Crippen molar-refractivity contribution in [3.63, 3.8) is 0 Å². The first-order valence-corrected chi connectivity index (χ1v) is 8.30. The average molecular weight is 296 g/mol. The molecular weight excluding hydrogens is 272 g/mol. The Kier molecular flexibility index (Phi) is 5.98. The Labute approximate surface area is 124 Å². The molecule has 1 aliphatic carbocycles. The number of nitrogens with zero attached hydrogens (tertiary/aromatic N) is 1. The van der Waals surface area contributed by atoms with Crippen LogP contribution in [-0.4, -0.2) is 30.1 Å². The van der Waals surface area contributed by atoms with Gasteiger partial charge >= 0.3 is 0 Å². The first kappa shape index (κ1) is 15.4. The maximum absolute atomic E-state index is 11.7. The molecule has 0 saturated heterocycles.